The summed E-state index contributed by atoms with van der Waals surface area (Å²) in [5.41, 5.74) is 0.982. The Bertz CT molecular complexity index is 689. The third kappa shape index (κ3) is 7.92. The number of aliphatic imine (C=N–C) groups is 1. The second kappa shape index (κ2) is 11.8. The van der Waals surface area contributed by atoms with E-state index >= 15 is 0 Å². The van der Waals surface area contributed by atoms with Crippen molar-refractivity contribution in [3.05, 3.63) is 29.8 Å². The summed E-state index contributed by atoms with van der Waals surface area (Å²) < 4.78 is 32.8. The van der Waals surface area contributed by atoms with Gasteiger partial charge in [0.25, 0.3) is 0 Å². The van der Waals surface area contributed by atoms with Crippen molar-refractivity contribution >= 4 is 40.0 Å². The third-order valence-corrected chi connectivity index (χ3v) is 5.88. The van der Waals surface area contributed by atoms with Gasteiger partial charge in [0.2, 0.25) is 10.0 Å². The van der Waals surface area contributed by atoms with Gasteiger partial charge in [-0.15, -0.1) is 24.0 Å². The second-order valence-corrected chi connectivity index (χ2v) is 8.28. The Hall–Kier alpha value is -0.910. The Morgan fingerprint density at radius 3 is 2.59 bits per heavy atom. The van der Waals surface area contributed by atoms with Crippen molar-refractivity contribution < 1.29 is 13.2 Å². The van der Waals surface area contributed by atoms with Crippen LogP contribution in [0.15, 0.2) is 34.2 Å². The highest BCUT2D eigenvalue weighted by molar-refractivity contribution is 14.0. The molecule has 1 aromatic rings. The number of hydrogen-bond acceptors (Lipinski definition) is 4. The molecule has 0 bridgehead atoms. The number of sulfonamides is 1. The van der Waals surface area contributed by atoms with Crippen molar-refractivity contribution in [3.8, 4) is 0 Å². The molecule has 3 N–H and O–H groups in total. The number of halogens is 1. The lowest BCUT2D eigenvalue weighted by Crippen LogP contribution is -2.41. The van der Waals surface area contributed by atoms with E-state index in [9.17, 15) is 8.42 Å². The molecule has 7 nitrogen and oxygen atoms in total. The average Bonchev–Trinajstić information content (AvgIpc) is 3.17. The van der Waals surface area contributed by atoms with Gasteiger partial charge >= 0.3 is 0 Å². The molecule has 1 aliphatic rings. The highest BCUT2D eigenvalue weighted by atomic mass is 127. The van der Waals surface area contributed by atoms with Crippen molar-refractivity contribution in [2.24, 2.45) is 4.99 Å². The summed E-state index contributed by atoms with van der Waals surface area (Å²) in [6.07, 6.45) is 2.88. The van der Waals surface area contributed by atoms with E-state index in [1.54, 1.807) is 19.2 Å². The van der Waals surface area contributed by atoms with Gasteiger partial charge in [-0.3, -0.25) is 4.99 Å². The number of guanidine groups is 1. The molecule has 1 aliphatic heterocycles. The van der Waals surface area contributed by atoms with E-state index in [1.807, 2.05) is 12.1 Å². The number of rotatable bonds is 8. The van der Waals surface area contributed by atoms with Gasteiger partial charge in [-0.2, -0.15) is 0 Å². The van der Waals surface area contributed by atoms with Gasteiger partial charge in [-0.05, 0) is 43.9 Å². The molecule has 1 saturated heterocycles. The zero-order valence-corrected chi connectivity index (χ0v) is 19.3. The highest BCUT2D eigenvalue weighted by Crippen LogP contribution is 2.14. The number of nitrogens with one attached hydrogen (secondary N) is 3. The van der Waals surface area contributed by atoms with Crippen LogP contribution in [0.1, 0.15) is 38.7 Å². The lowest BCUT2D eigenvalue weighted by Gasteiger charge is -2.16. The SMILES string of the molecule is CCC(C)NC(=NC)NCc1ccc(S(=O)(=O)NCC2CCCO2)cc1.I. The molecule has 2 rings (SSSR count). The van der Waals surface area contributed by atoms with E-state index in [1.165, 1.54) is 0 Å². The fraction of sp³-hybridized carbons (Fsp3) is 0.611. The van der Waals surface area contributed by atoms with Crippen LogP contribution in [0, 0.1) is 0 Å². The summed E-state index contributed by atoms with van der Waals surface area (Å²) >= 11 is 0. The zero-order valence-electron chi connectivity index (χ0n) is 16.2. The average molecular weight is 510 g/mol. The van der Waals surface area contributed by atoms with Gasteiger partial charge in [-0.25, -0.2) is 13.1 Å². The number of hydrogen-bond donors (Lipinski definition) is 3. The first-order chi connectivity index (χ1) is 12.4. The van der Waals surface area contributed by atoms with E-state index in [-0.39, 0.29) is 35.0 Å². The molecule has 154 valence electrons. The molecule has 27 heavy (non-hydrogen) atoms. The maximum Gasteiger partial charge on any atom is 0.240 e. The first kappa shape index (κ1) is 24.1. The van der Waals surface area contributed by atoms with Crippen LogP contribution < -0.4 is 15.4 Å². The van der Waals surface area contributed by atoms with Crippen LogP contribution in [-0.4, -0.2) is 46.7 Å². The molecule has 0 aromatic heterocycles. The minimum absolute atomic E-state index is 0. The van der Waals surface area contributed by atoms with Crippen molar-refractivity contribution in [1.29, 1.82) is 0 Å². The van der Waals surface area contributed by atoms with E-state index in [2.05, 4.69) is 34.2 Å². The van der Waals surface area contributed by atoms with E-state index < -0.39 is 10.0 Å². The van der Waals surface area contributed by atoms with Crippen LogP contribution in [0.4, 0.5) is 0 Å². The molecule has 2 atom stereocenters. The summed E-state index contributed by atoms with van der Waals surface area (Å²) in [5, 5.41) is 6.52. The Kier molecular flexibility index (Phi) is 10.6. The second-order valence-electron chi connectivity index (χ2n) is 6.51. The fourth-order valence-electron chi connectivity index (χ4n) is 2.59. The summed E-state index contributed by atoms with van der Waals surface area (Å²) in [6.45, 7) is 5.80. The third-order valence-electron chi connectivity index (χ3n) is 4.44. The van der Waals surface area contributed by atoms with Crippen LogP contribution in [0.2, 0.25) is 0 Å². The van der Waals surface area contributed by atoms with Gasteiger partial charge in [0.05, 0.1) is 11.0 Å². The van der Waals surface area contributed by atoms with E-state index in [0.717, 1.165) is 30.8 Å². The summed E-state index contributed by atoms with van der Waals surface area (Å²) in [5.74, 6) is 0.731. The first-order valence-electron chi connectivity index (χ1n) is 9.12. The molecule has 0 amide bonds. The standard InChI is InChI=1S/C18H30N4O3S.HI/c1-4-14(2)22-18(19-3)20-12-15-7-9-17(10-8-15)26(23,24)21-13-16-6-5-11-25-16;/h7-10,14,16,21H,4-6,11-13H2,1-3H3,(H2,19,20,22);1H. The normalized spacial score (nSPS) is 18.6. The predicted molar refractivity (Wildman–Crippen MR) is 119 cm³/mol. The van der Waals surface area contributed by atoms with Gasteiger partial charge in [0, 0.05) is 32.8 Å². The van der Waals surface area contributed by atoms with Crippen LogP contribution in [0.5, 0.6) is 0 Å². The molecule has 1 aromatic carbocycles. The zero-order chi connectivity index (χ0) is 19.0. The van der Waals surface area contributed by atoms with Crippen LogP contribution in [0.25, 0.3) is 0 Å². The number of ether oxygens (including phenoxy) is 1. The van der Waals surface area contributed by atoms with E-state index in [4.69, 9.17) is 4.74 Å². The molecule has 0 spiro atoms. The molecule has 0 aliphatic carbocycles. The summed E-state index contributed by atoms with van der Waals surface area (Å²) in [7, 11) is -1.78. The smallest absolute Gasteiger partial charge is 0.240 e. The quantitative estimate of drug-likeness (QED) is 0.284. The van der Waals surface area contributed by atoms with Crippen molar-refractivity contribution in [2.75, 3.05) is 20.2 Å². The Morgan fingerprint density at radius 2 is 2.04 bits per heavy atom. The van der Waals surface area contributed by atoms with Crippen molar-refractivity contribution in [1.82, 2.24) is 15.4 Å². The molecule has 0 radical (unpaired) electrons. The summed E-state index contributed by atoms with van der Waals surface area (Å²) in [4.78, 5) is 4.45. The molecule has 1 fully saturated rings. The topological polar surface area (TPSA) is 91.8 Å². The largest absolute Gasteiger partial charge is 0.377 e. The molecular weight excluding hydrogens is 479 g/mol. The lowest BCUT2D eigenvalue weighted by molar-refractivity contribution is 0.114. The minimum atomic E-state index is -3.51. The Balaban J connectivity index is 0.00000364. The Labute approximate surface area is 179 Å². The minimum Gasteiger partial charge on any atom is -0.377 e. The molecule has 0 saturated carbocycles. The Morgan fingerprint density at radius 1 is 1.33 bits per heavy atom. The van der Waals surface area contributed by atoms with Crippen molar-refractivity contribution in [2.45, 2.75) is 56.7 Å². The van der Waals surface area contributed by atoms with Crippen molar-refractivity contribution in [3.63, 3.8) is 0 Å². The van der Waals surface area contributed by atoms with Crippen LogP contribution in [-0.2, 0) is 21.3 Å². The van der Waals surface area contributed by atoms with Crippen LogP contribution in [0.3, 0.4) is 0 Å². The lowest BCUT2D eigenvalue weighted by atomic mass is 10.2. The van der Waals surface area contributed by atoms with Gasteiger partial charge < -0.3 is 15.4 Å². The van der Waals surface area contributed by atoms with Gasteiger partial charge in [0.15, 0.2) is 5.96 Å². The van der Waals surface area contributed by atoms with Crippen LogP contribution >= 0.6 is 24.0 Å². The monoisotopic (exact) mass is 510 g/mol. The predicted octanol–water partition coefficient (Wildman–Crippen LogP) is 2.23. The maximum atomic E-state index is 12.4. The maximum absolute atomic E-state index is 12.4. The van der Waals surface area contributed by atoms with Gasteiger partial charge in [0.1, 0.15) is 0 Å². The fourth-order valence-corrected chi connectivity index (χ4v) is 3.66. The highest BCUT2D eigenvalue weighted by Gasteiger charge is 2.20. The molecule has 9 heteroatoms. The van der Waals surface area contributed by atoms with E-state index in [0.29, 0.717) is 25.7 Å². The van der Waals surface area contributed by atoms with Gasteiger partial charge in [-0.1, -0.05) is 19.1 Å². The summed E-state index contributed by atoms with van der Waals surface area (Å²) in [6, 6.07) is 7.21. The number of benzene rings is 1. The first-order valence-corrected chi connectivity index (χ1v) is 10.6. The molecule has 2 unspecified atom stereocenters. The molecular formula is C18H31IN4O3S. The number of nitrogens with zero attached hydrogens (tertiary/aromatic N) is 1. The molecule has 1 heterocycles.